The third-order valence-corrected chi connectivity index (χ3v) is 6.33. The largest absolute Gasteiger partial charge is 0.490 e. The number of imidazole rings is 1. The highest BCUT2D eigenvalue weighted by Gasteiger charge is 2.28. The van der Waals surface area contributed by atoms with Gasteiger partial charge in [0.25, 0.3) is 0 Å². The van der Waals surface area contributed by atoms with Crippen LogP contribution in [0.1, 0.15) is 19.3 Å². The lowest BCUT2D eigenvalue weighted by Gasteiger charge is -2.33. The van der Waals surface area contributed by atoms with E-state index in [9.17, 15) is 10.1 Å². The first-order chi connectivity index (χ1) is 16.5. The summed E-state index contributed by atoms with van der Waals surface area (Å²) in [4.78, 5) is 16.6. The van der Waals surface area contributed by atoms with Gasteiger partial charge in [0.05, 0.1) is 0 Å². The summed E-state index contributed by atoms with van der Waals surface area (Å²) in [6.45, 7) is 2.81. The number of rotatable bonds is 7. The number of hydrogen-bond donors (Lipinski definition) is 0. The molecule has 0 bridgehead atoms. The summed E-state index contributed by atoms with van der Waals surface area (Å²) < 4.78 is 19.4. The van der Waals surface area contributed by atoms with Crippen LogP contribution in [0.4, 0.5) is 11.5 Å². The van der Waals surface area contributed by atoms with E-state index >= 15 is 0 Å². The lowest BCUT2D eigenvalue weighted by Crippen LogP contribution is -2.38. The van der Waals surface area contributed by atoms with Crippen LogP contribution in [0, 0.1) is 10.1 Å². The molecule has 3 heterocycles. The SMILES string of the molecule is O=[N+]([O-])c1cn2c(n1)OC(COc1ccc(N3CCC(Oc4ccc(Cl)cc4)CC3)cc1)CC2. The van der Waals surface area contributed by atoms with Gasteiger partial charge in [-0.2, -0.15) is 0 Å². The molecule has 10 heteroatoms. The normalized spacial score (nSPS) is 18.1. The fraction of sp³-hybridized carbons (Fsp3) is 0.375. The maximum absolute atomic E-state index is 10.9. The van der Waals surface area contributed by atoms with E-state index in [1.807, 2.05) is 36.4 Å². The number of halogens is 1. The first-order valence-electron chi connectivity index (χ1n) is 11.3. The van der Waals surface area contributed by atoms with E-state index in [2.05, 4.69) is 22.0 Å². The molecule has 0 aliphatic carbocycles. The van der Waals surface area contributed by atoms with Gasteiger partial charge in [0, 0.05) is 54.6 Å². The number of nitro groups is 1. The Morgan fingerprint density at radius 3 is 2.44 bits per heavy atom. The van der Waals surface area contributed by atoms with Crippen molar-refractivity contribution < 1.29 is 19.1 Å². The molecule has 1 fully saturated rings. The average Bonchev–Trinajstić information content (AvgIpc) is 3.29. The first kappa shape index (κ1) is 22.3. The minimum atomic E-state index is -0.517. The first-order valence-corrected chi connectivity index (χ1v) is 11.7. The van der Waals surface area contributed by atoms with Crippen molar-refractivity contribution in [1.29, 1.82) is 0 Å². The molecular formula is C24H25ClN4O5. The number of anilines is 1. The predicted octanol–water partition coefficient (Wildman–Crippen LogP) is 4.72. The maximum atomic E-state index is 10.9. The van der Waals surface area contributed by atoms with Crippen LogP contribution in [0.15, 0.2) is 54.7 Å². The van der Waals surface area contributed by atoms with Crippen molar-refractivity contribution in [3.05, 3.63) is 69.9 Å². The number of nitrogens with zero attached hydrogens (tertiary/aromatic N) is 4. The van der Waals surface area contributed by atoms with Gasteiger partial charge in [-0.3, -0.25) is 4.57 Å². The molecule has 5 rings (SSSR count). The van der Waals surface area contributed by atoms with E-state index in [1.165, 1.54) is 6.20 Å². The zero-order chi connectivity index (χ0) is 23.5. The van der Waals surface area contributed by atoms with Gasteiger partial charge < -0.3 is 29.2 Å². The van der Waals surface area contributed by atoms with Crippen LogP contribution >= 0.6 is 11.6 Å². The molecule has 0 spiro atoms. The molecule has 2 aliphatic heterocycles. The molecule has 1 saturated heterocycles. The summed E-state index contributed by atoms with van der Waals surface area (Å²) in [5, 5.41) is 11.6. The number of fused-ring (bicyclic) bond motifs is 1. The molecule has 0 radical (unpaired) electrons. The molecular weight excluding hydrogens is 460 g/mol. The average molecular weight is 485 g/mol. The van der Waals surface area contributed by atoms with Gasteiger partial charge in [-0.1, -0.05) is 11.6 Å². The third kappa shape index (κ3) is 5.20. The van der Waals surface area contributed by atoms with Crippen LogP contribution in [0.5, 0.6) is 17.5 Å². The van der Waals surface area contributed by atoms with Crippen molar-refractivity contribution >= 4 is 23.1 Å². The second kappa shape index (κ2) is 9.80. The molecule has 2 aromatic carbocycles. The van der Waals surface area contributed by atoms with E-state index in [0.29, 0.717) is 24.6 Å². The zero-order valence-electron chi connectivity index (χ0n) is 18.5. The molecule has 3 aromatic rings. The summed E-state index contributed by atoms with van der Waals surface area (Å²) in [7, 11) is 0. The monoisotopic (exact) mass is 484 g/mol. The molecule has 1 unspecified atom stereocenters. The summed E-state index contributed by atoms with van der Waals surface area (Å²) in [5.41, 5.74) is 1.15. The van der Waals surface area contributed by atoms with Crippen molar-refractivity contribution in [3.63, 3.8) is 0 Å². The summed E-state index contributed by atoms with van der Waals surface area (Å²) in [6, 6.07) is 15.8. The van der Waals surface area contributed by atoms with Gasteiger partial charge >= 0.3 is 11.8 Å². The molecule has 0 saturated carbocycles. The minimum Gasteiger partial charge on any atom is -0.490 e. The number of ether oxygens (including phenoxy) is 3. The van der Waals surface area contributed by atoms with Crippen molar-refractivity contribution in [2.45, 2.75) is 38.0 Å². The van der Waals surface area contributed by atoms with Gasteiger partial charge in [0.1, 0.15) is 36.5 Å². The number of benzene rings is 2. The highest BCUT2D eigenvalue weighted by Crippen LogP contribution is 2.27. The van der Waals surface area contributed by atoms with E-state index in [4.69, 9.17) is 25.8 Å². The Hall–Kier alpha value is -3.46. The summed E-state index contributed by atoms with van der Waals surface area (Å²) in [5.74, 6) is 1.41. The number of hydrogen-bond acceptors (Lipinski definition) is 7. The second-order valence-electron chi connectivity index (χ2n) is 8.42. The number of aryl methyl sites for hydroxylation is 1. The van der Waals surface area contributed by atoms with E-state index in [1.54, 1.807) is 4.57 Å². The second-order valence-corrected chi connectivity index (χ2v) is 8.86. The van der Waals surface area contributed by atoms with Crippen LogP contribution < -0.4 is 19.1 Å². The molecule has 34 heavy (non-hydrogen) atoms. The predicted molar refractivity (Wildman–Crippen MR) is 127 cm³/mol. The molecule has 0 amide bonds. The Kier molecular flexibility index (Phi) is 6.44. The van der Waals surface area contributed by atoms with Crippen LogP contribution in [-0.4, -0.2) is 46.4 Å². The molecule has 0 N–H and O–H groups in total. The van der Waals surface area contributed by atoms with Gasteiger partial charge in [-0.15, -0.1) is 0 Å². The molecule has 178 valence electrons. The Bertz CT molecular complexity index is 1130. The van der Waals surface area contributed by atoms with Crippen LogP contribution in [0.3, 0.4) is 0 Å². The Morgan fingerprint density at radius 1 is 1.03 bits per heavy atom. The van der Waals surface area contributed by atoms with Crippen molar-refractivity contribution in [2.75, 3.05) is 24.6 Å². The van der Waals surface area contributed by atoms with E-state index in [0.717, 1.165) is 43.1 Å². The Morgan fingerprint density at radius 2 is 1.74 bits per heavy atom. The highest BCUT2D eigenvalue weighted by atomic mass is 35.5. The van der Waals surface area contributed by atoms with Crippen LogP contribution in [0.25, 0.3) is 0 Å². The smallest absolute Gasteiger partial charge is 0.414 e. The lowest BCUT2D eigenvalue weighted by atomic mass is 10.1. The standard InChI is InChI=1S/C24H25ClN4O5/c25-17-1-5-20(6-2-17)33-21-9-12-27(13-10-21)18-3-7-19(8-4-18)32-16-22-11-14-28-15-23(29(30)31)26-24(28)34-22/h1-8,15,21-22H,9-14,16H2. The number of aromatic nitrogens is 2. The van der Waals surface area contributed by atoms with Crippen molar-refractivity contribution in [1.82, 2.24) is 9.55 Å². The topological polar surface area (TPSA) is 91.9 Å². The van der Waals surface area contributed by atoms with E-state index < -0.39 is 4.92 Å². The molecule has 1 aromatic heterocycles. The highest BCUT2D eigenvalue weighted by molar-refractivity contribution is 6.30. The van der Waals surface area contributed by atoms with Crippen LogP contribution in [-0.2, 0) is 6.54 Å². The summed E-state index contributed by atoms with van der Waals surface area (Å²) in [6.07, 6.45) is 4.01. The van der Waals surface area contributed by atoms with E-state index in [-0.39, 0.29) is 24.0 Å². The quantitative estimate of drug-likeness (QED) is 0.354. The summed E-state index contributed by atoms with van der Waals surface area (Å²) >= 11 is 5.94. The van der Waals surface area contributed by atoms with Crippen molar-refractivity contribution in [2.24, 2.45) is 0 Å². The molecule has 9 nitrogen and oxygen atoms in total. The maximum Gasteiger partial charge on any atom is 0.414 e. The minimum absolute atomic E-state index is 0.200. The van der Waals surface area contributed by atoms with Gasteiger partial charge in [0.15, 0.2) is 0 Å². The Labute approximate surface area is 202 Å². The van der Waals surface area contributed by atoms with Crippen LogP contribution in [0.2, 0.25) is 5.02 Å². The van der Waals surface area contributed by atoms with Crippen molar-refractivity contribution in [3.8, 4) is 17.5 Å². The molecule has 2 aliphatic rings. The fourth-order valence-electron chi connectivity index (χ4n) is 4.22. The fourth-order valence-corrected chi connectivity index (χ4v) is 4.34. The zero-order valence-corrected chi connectivity index (χ0v) is 19.3. The van der Waals surface area contributed by atoms with Gasteiger partial charge in [-0.25, -0.2) is 0 Å². The molecule has 1 atom stereocenters. The van der Waals surface area contributed by atoms with Gasteiger partial charge in [-0.05, 0) is 53.5 Å². The lowest BCUT2D eigenvalue weighted by molar-refractivity contribution is -0.389. The third-order valence-electron chi connectivity index (χ3n) is 6.07. The Balaban J connectivity index is 1.08. The number of piperidine rings is 1. The van der Waals surface area contributed by atoms with Gasteiger partial charge in [0.2, 0.25) is 0 Å².